The summed E-state index contributed by atoms with van der Waals surface area (Å²) in [4.78, 5) is 38.2. The van der Waals surface area contributed by atoms with Crippen LogP contribution in [0.4, 0.5) is 0 Å². The minimum Gasteiger partial charge on any atom is -0.462 e. The molecule has 1 unspecified atom stereocenters. The van der Waals surface area contributed by atoms with Crippen LogP contribution in [0.5, 0.6) is 0 Å². The van der Waals surface area contributed by atoms with Crippen molar-refractivity contribution < 1.29 is 28.6 Å². The van der Waals surface area contributed by atoms with Gasteiger partial charge in [0.1, 0.15) is 13.2 Å². The molecular formula is C72H124O6. The van der Waals surface area contributed by atoms with Crippen LogP contribution in [-0.2, 0) is 28.6 Å². The minimum atomic E-state index is -0.784. The fourth-order valence-electron chi connectivity index (χ4n) is 9.32. The summed E-state index contributed by atoms with van der Waals surface area (Å²) in [7, 11) is 0. The lowest BCUT2D eigenvalue weighted by molar-refractivity contribution is -0.167. The molecule has 0 bridgehead atoms. The van der Waals surface area contributed by atoms with E-state index in [4.69, 9.17) is 14.2 Å². The monoisotopic (exact) mass is 1080 g/mol. The molecule has 0 spiro atoms. The standard InChI is InChI=1S/C72H124O6/c1-4-7-10-13-16-19-22-25-27-28-29-30-31-32-33-34-35-36-37-38-39-40-41-42-43-44-46-47-50-53-56-59-62-65-71(74)77-68-69(67-76-70(73)64-61-58-55-52-49-24-21-18-15-12-9-6-3)78-72(75)66-63-60-57-54-51-48-45-26-23-20-17-14-11-8-5-2/h7,10,16,18-19,21,25-27,29-30,32-33,35-36,45,69H,4-6,8-9,11-15,17,20,22-24,28,31,34,37-44,46-68H2,1-3H3/b10-7-,19-16-,21-18-,27-25-,30-29-,33-32-,36-35-,45-26-. The van der Waals surface area contributed by atoms with E-state index in [-0.39, 0.29) is 31.1 Å². The first-order chi connectivity index (χ1) is 38.5. The Kier molecular flexibility index (Phi) is 62.7. The van der Waals surface area contributed by atoms with E-state index in [1.807, 2.05) is 0 Å². The van der Waals surface area contributed by atoms with E-state index in [1.54, 1.807) is 0 Å². The van der Waals surface area contributed by atoms with Crippen LogP contribution in [-0.4, -0.2) is 37.2 Å². The SMILES string of the molecule is CC/C=C\C/C=C\C/C=C\C/C=C\C/C=C\C/C=C\CCCCCCCCCCCCCCCCC(=O)OCC(COC(=O)CCCCCCC/C=C\CCCCC)OC(=O)CCCCCCC/C=C\CCCCCCCC. The Bertz CT molecular complexity index is 1530. The molecule has 6 heteroatoms. The van der Waals surface area contributed by atoms with Crippen LogP contribution < -0.4 is 0 Å². The molecule has 0 aromatic heterocycles. The maximum atomic E-state index is 12.9. The number of rotatable bonds is 60. The van der Waals surface area contributed by atoms with Crippen LogP contribution in [0.25, 0.3) is 0 Å². The minimum absolute atomic E-state index is 0.0810. The average Bonchev–Trinajstić information content (AvgIpc) is 3.44. The van der Waals surface area contributed by atoms with Crippen LogP contribution in [0.1, 0.15) is 323 Å². The highest BCUT2D eigenvalue weighted by atomic mass is 16.6. The average molecular weight is 1090 g/mol. The lowest BCUT2D eigenvalue weighted by Crippen LogP contribution is -2.30. The Morgan fingerprint density at radius 3 is 0.821 bits per heavy atom. The van der Waals surface area contributed by atoms with E-state index in [0.29, 0.717) is 19.3 Å². The largest absolute Gasteiger partial charge is 0.462 e. The van der Waals surface area contributed by atoms with Crippen LogP contribution in [0.2, 0.25) is 0 Å². The van der Waals surface area contributed by atoms with Gasteiger partial charge in [-0.25, -0.2) is 0 Å². The van der Waals surface area contributed by atoms with E-state index in [1.165, 1.54) is 167 Å². The number of esters is 3. The first-order valence-electron chi connectivity index (χ1n) is 33.2. The van der Waals surface area contributed by atoms with Crippen molar-refractivity contribution in [3.05, 3.63) is 97.2 Å². The first-order valence-corrected chi connectivity index (χ1v) is 33.2. The molecule has 448 valence electrons. The smallest absolute Gasteiger partial charge is 0.306 e. The van der Waals surface area contributed by atoms with E-state index in [9.17, 15) is 14.4 Å². The predicted molar refractivity (Wildman–Crippen MR) is 339 cm³/mol. The third-order valence-corrected chi connectivity index (χ3v) is 14.3. The van der Waals surface area contributed by atoms with Crippen molar-refractivity contribution in [2.24, 2.45) is 0 Å². The highest BCUT2D eigenvalue weighted by molar-refractivity contribution is 5.71. The Balaban J connectivity index is 4.17. The van der Waals surface area contributed by atoms with E-state index < -0.39 is 6.10 Å². The van der Waals surface area contributed by atoms with E-state index in [2.05, 4.69) is 118 Å². The molecule has 78 heavy (non-hydrogen) atoms. The van der Waals surface area contributed by atoms with Crippen LogP contribution in [0.3, 0.4) is 0 Å². The summed E-state index contributed by atoms with van der Waals surface area (Å²) in [6.07, 6.45) is 88.6. The zero-order valence-electron chi connectivity index (χ0n) is 51.4. The van der Waals surface area contributed by atoms with Crippen LogP contribution in [0.15, 0.2) is 97.2 Å². The first kappa shape index (κ1) is 74.3. The Hall–Kier alpha value is -3.67. The summed E-state index contributed by atoms with van der Waals surface area (Å²) < 4.78 is 16.9. The molecule has 0 aliphatic rings. The lowest BCUT2D eigenvalue weighted by atomic mass is 10.0. The van der Waals surface area contributed by atoms with Gasteiger partial charge in [0.25, 0.3) is 0 Å². The number of carbonyl (C=O) groups is 3. The van der Waals surface area contributed by atoms with Crippen molar-refractivity contribution >= 4 is 17.9 Å². The Labute approximate surface area is 483 Å². The van der Waals surface area contributed by atoms with Crippen molar-refractivity contribution in [3.8, 4) is 0 Å². The molecule has 0 N–H and O–H groups in total. The van der Waals surface area contributed by atoms with Gasteiger partial charge in [0.15, 0.2) is 6.10 Å². The third-order valence-electron chi connectivity index (χ3n) is 14.3. The van der Waals surface area contributed by atoms with Gasteiger partial charge < -0.3 is 14.2 Å². The summed E-state index contributed by atoms with van der Waals surface area (Å²) in [5, 5.41) is 0. The fraction of sp³-hybridized carbons (Fsp3) is 0.736. The quantitative estimate of drug-likeness (QED) is 0.0261. The summed E-state index contributed by atoms with van der Waals surface area (Å²) in [6, 6.07) is 0. The molecule has 0 saturated heterocycles. The number of allylic oxidation sites excluding steroid dienone is 16. The van der Waals surface area contributed by atoms with Crippen molar-refractivity contribution in [1.82, 2.24) is 0 Å². The maximum Gasteiger partial charge on any atom is 0.306 e. The van der Waals surface area contributed by atoms with Gasteiger partial charge >= 0.3 is 17.9 Å². The van der Waals surface area contributed by atoms with Gasteiger partial charge in [0.05, 0.1) is 0 Å². The number of carbonyl (C=O) groups excluding carboxylic acids is 3. The molecular weight excluding hydrogens is 961 g/mol. The Morgan fingerprint density at radius 1 is 0.269 bits per heavy atom. The van der Waals surface area contributed by atoms with Crippen LogP contribution >= 0.6 is 0 Å². The molecule has 0 aromatic rings. The van der Waals surface area contributed by atoms with Gasteiger partial charge in [-0.05, 0) is 122 Å². The highest BCUT2D eigenvalue weighted by Gasteiger charge is 2.19. The van der Waals surface area contributed by atoms with Crippen LogP contribution in [0, 0.1) is 0 Å². The number of hydrogen-bond donors (Lipinski definition) is 0. The van der Waals surface area contributed by atoms with Gasteiger partial charge in [-0.1, -0.05) is 279 Å². The molecule has 0 aliphatic carbocycles. The van der Waals surface area contributed by atoms with Gasteiger partial charge in [-0.2, -0.15) is 0 Å². The van der Waals surface area contributed by atoms with Crippen molar-refractivity contribution in [2.75, 3.05) is 13.2 Å². The lowest BCUT2D eigenvalue weighted by Gasteiger charge is -2.18. The molecule has 0 amide bonds. The van der Waals surface area contributed by atoms with Gasteiger partial charge in [-0.15, -0.1) is 0 Å². The zero-order valence-corrected chi connectivity index (χ0v) is 51.4. The van der Waals surface area contributed by atoms with Crippen molar-refractivity contribution in [2.45, 2.75) is 329 Å². The molecule has 0 aromatic carbocycles. The summed E-state index contributed by atoms with van der Waals surface area (Å²) in [6.45, 7) is 6.51. The maximum absolute atomic E-state index is 12.9. The molecule has 1 atom stereocenters. The second-order valence-electron chi connectivity index (χ2n) is 22.0. The number of hydrogen-bond acceptors (Lipinski definition) is 6. The van der Waals surface area contributed by atoms with Gasteiger partial charge in [-0.3, -0.25) is 14.4 Å². The molecule has 6 nitrogen and oxygen atoms in total. The summed E-state index contributed by atoms with van der Waals surface area (Å²) in [5.74, 6) is -0.888. The van der Waals surface area contributed by atoms with E-state index >= 15 is 0 Å². The topological polar surface area (TPSA) is 78.9 Å². The third kappa shape index (κ3) is 63.2. The second kappa shape index (κ2) is 65.8. The Morgan fingerprint density at radius 2 is 0.500 bits per heavy atom. The predicted octanol–water partition coefficient (Wildman–Crippen LogP) is 22.8. The second-order valence-corrected chi connectivity index (χ2v) is 22.0. The van der Waals surface area contributed by atoms with Gasteiger partial charge in [0.2, 0.25) is 0 Å². The molecule has 0 rings (SSSR count). The highest BCUT2D eigenvalue weighted by Crippen LogP contribution is 2.16. The fourth-order valence-corrected chi connectivity index (χ4v) is 9.32. The number of ether oxygens (including phenoxy) is 3. The normalized spacial score (nSPS) is 12.7. The molecule has 0 saturated carbocycles. The molecule has 0 aliphatic heterocycles. The van der Waals surface area contributed by atoms with Crippen molar-refractivity contribution in [1.29, 1.82) is 0 Å². The number of unbranched alkanes of at least 4 members (excludes halogenated alkanes) is 33. The summed E-state index contributed by atoms with van der Waals surface area (Å²) >= 11 is 0. The molecule has 0 fully saturated rings. The molecule has 0 heterocycles. The van der Waals surface area contributed by atoms with Crippen molar-refractivity contribution in [3.63, 3.8) is 0 Å². The zero-order chi connectivity index (χ0) is 56.4. The molecule has 0 radical (unpaired) electrons. The van der Waals surface area contributed by atoms with Gasteiger partial charge in [0, 0.05) is 19.3 Å². The summed E-state index contributed by atoms with van der Waals surface area (Å²) in [5.41, 5.74) is 0. The van der Waals surface area contributed by atoms with E-state index in [0.717, 1.165) is 116 Å².